The van der Waals surface area contributed by atoms with Crippen molar-refractivity contribution in [2.75, 3.05) is 24.7 Å². The van der Waals surface area contributed by atoms with Crippen LogP contribution in [0.2, 0.25) is 0 Å². The van der Waals surface area contributed by atoms with Crippen LogP contribution in [0.5, 0.6) is 0 Å². The molecule has 1 heterocycles. The molecule has 0 aliphatic carbocycles. The van der Waals surface area contributed by atoms with Gasteiger partial charge in [-0.05, 0) is 23.4 Å². The van der Waals surface area contributed by atoms with Gasteiger partial charge in [-0.1, -0.05) is 0 Å². The highest BCUT2D eigenvalue weighted by Crippen LogP contribution is 2.33. The number of rotatable bonds is 2. The Hall–Kier alpha value is -2.25. The van der Waals surface area contributed by atoms with Crippen molar-refractivity contribution in [1.29, 1.82) is 0 Å². The molecule has 0 fully saturated rings. The van der Waals surface area contributed by atoms with E-state index in [1.165, 1.54) is 6.07 Å². The summed E-state index contributed by atoms with van der Waals surface area (Å²) in [5, 5.41) is 3.63. The van der Waals surface area contributed by atoms with Crippen molar-refractivity contribution in [1.82, 2.24) is 10.1 Å². The summed E-state index contributed by atoms with van der Waals surface area (Å²) in [7, 11) is 3.38. The van der Waals surface area contributed by atoms with Crippen molar-refractivity contribution in [2.24, 2.45) is 0 Å². The Labute approximate surface area is 106 Å². The van der Waals surface area contributed by atoms with Crippen LogP contribution in [0.25, 0.3) is 11.5 Å². The average Bonchev–Trinajstić information content (AvgIpc) is 2.76. The molecule has 0 aliphatic rings. The molecule has 1 aromatic heterocycles. The van der Waals surface area contributed by atoms with Crippen molar-refractivity contribution in [3.05, 3.63) is 23.8 Å². The lowest BCUT2D eigenvalue weighted by molar-refractivity contribution is -0.137. The van der Waals surface area contributed by atoms with E-state index in [1.54, 1.807) is 19.0 Å². The number of anilines is 2. The molecule has 0 aliphatic heterocycles. The second-order valence-electron chi connectivity index (χ2n) is 4.14. The van der Waals surface area contributed by atoms with E-state index in [0.717, 1.165) is 12.1 Å². The first-order chi connectivity index (χ1) is 8.77. The van der Waals surface area contributed by atoms with E-state index in [0.29, 0.717) is 0 Å². The number of aromatic nitrogens is 2. The van der Waals surface area contributed by atoms with Crippen LogP contribution in [0.15, 0.2) is 22.7 Å². The van der Waals surface area contributed by atoms with Crippen LogP contribution < -0.4 is 10.6 Å². The highest BCUT2D eigenvalue weighted by Gasteiger charge is 2.31. The fourth-order valence-corrected chi connectivity index (χ4v) is 1.45. The molecule has 0 amide bonds. The van der Waals surface area contributed by atoms with Crippen molar-refractivity contribution in [3.8, 4) is 11.5 Å². The van der Waals surface area contributed by atoms with Gasteiger partial charge in [0.15, 0.2) is 0 Å². The number of halogens is 3. The normalized spacial score (nSPS) is 11.6. The van der Waals surface area contributed by atoms with Gasteiger partial charge in [-0.2, -0.15) is 18.2 Å². The zero-order valence-corrected chi connectivity index (χ0v) is 10.2. The largest absolute Gasteiger partial charge is 0.416 e. The maximum Gasteiger partial charge on any atom is 0.416 e. The van der Waals surface area contributed by atoms with Crippen molar-refractivity contribution < 1.29 is 17.7 Å². The minimum Gasteiger partial charge on any atom is -0.399 e. The van der Waals surface area contributed by atoms with E-state index in [-0.39, 0.29) is 23.1 Å². The fourth-order valence-electron chi connectivity index (χ4n) is 1.45. The van der Waals surface area contributed by atoms with E-state index in [9.17, 15) is 13.2 Å². The summed E-state index contributed by atoms with van der Waals surface area (Å²) in [6.45, 7) is 0. The second kappa shape index (κ2) is 4.45. The summed E-state index contributed by atoms with van der Waals surface area (Å²) in [6.07, 6.45) is -4.48. The molecule has 0 unspecified atom stereocenters. The maximum absolute atomic E-state index is 12.7. The van der Waals surface area contributed by atoms with Crippen LogP contribution in [0, 0.1) is 0 Å². The van der Waals surface area contributed by atoms with Gasteiger partial charge >= 0.3 is 6.18 Å². The Morgan fingerprint density at radius 3 is 2.42 bits per heavy atom. The third-order valence-corrected chi connectivity index (χ3v) is 2.34. The van der Waals surface area contributed by atoms with Gasteiger partial charge in [0.1, 0.15) is 0 Å². The highest BCUT2D eigenvalue weighted by atomic mass is 19.4. The van der Waals surface area contributed by atoms with Gasteiger partial charge in [0.25, 0.3) is 11.8 Å². The van der Waals surface area contributed by atoms with Gasteiger partial charge in [0.2, 0.25) is 0 Å². The molecule has 1 aromatic carbocycles. The highest BCUT2D eigenvalue weighted by molar-refractivity contribution is 5.62. The minimum atomic E-state index is -4.48. The SMILES string of the molecule is CN(C)c1noc(-c2cc(N)cc(C(F)(F)F)c2)n1. The molecule has 2 aromatic rings. The first-order valence-electron chi connectivity index (χ1n) is 5.26. The lowest BCUT2D eigenvalue weighted by Gasteiger charge is -2.08. The standard InChI is InChI=1S/C11H11F3N4O/c1-18(2)10-16-9(19-17-10)6-3-7(11(12,13)14)5-8(15)4-6/h3-5H,15H2,1-2H3. The summed E-state index contributed by atoms with van der Waals surface area (Å²) in [6, 6.07) is 3.12. The number of benzene rings is 1. The Balaban J connectivity index is 2.47. The Kier molecular flexibility index (Phi) is 3.09. The molecule has 0 saturated heterocycles. The number of nitrogens with two attached hydrogens (primary N) is 1. The molecule has 0 atom stereocenters. The Bertz CT molecular complexity index is 592. The molecule has 0 saturated carbocycles. The van der Waals surface area contributed by atoms with Crippen LogP contribution in [0.4, 0.5) is 24.8 Å². The molecule has 5 nitrogen and oxygen atoms in total. The number of nitrogen functional groups attached to an aromatic ring is 1. The zero-order valence-electron chi connectivity index (χ0n) is 10.2. The molecule has 0 radical (unpaired) electrons. The molecule has 0 spiro atoms. The lowest BCUT2D eigenvalue weighted by Crippen LogP contribution is -2.10. The van der Waals surface area contributed by atoms with Crippen LogP contribution in [0.3, 0.4) is 0 Å². The van der Waals surface area contributed by atoms with Crippen LogP contribution in [-0.2, 0) is 6.18 Å². The van der Waals surface area contributed by atoms with E-state index in [2.05, 4.69) is 10.1 Å². The lowest BCUT2D eigenvalue weighted by atomic mass is 10.1. The number of nitrogens with zero attached hydrogens (tertiary/aromatic N) is 3. The summed E-state index contributed by atoms with van der Waals surface area (Å²) in [4.78, 5) is 5.54. The number of alkyl halides is 3. The van der Waals surface area contributed by atoms with Crippen molar-refractivity contribution >= 4 is 11.6 Å². The molecule has 102 valence electrons. The molecule has 2 N–H and O–H groups in total. The maximum atomic E-state index is 12.7. The molecule has 2 rings (SSSR count). The topological polar surface area (TPSA) is 68.2 Å². The van der Waals surface area contributed by atoms with Gasteiger partial charge < -0.3 is 15.2 Å². The third kappa shape index (κ3) is 2.78. The summed E-state index contributed by atoms with van der Waals surface area (Å²) in [5.74, 6) is 0.257. The molecular formula is C11H11F3N4O. The average molecular weight is 272 g/mol. The fraction of sp³-hybridized carbons (Fsp3) is 0.273. The third-order valence-electron chi connectivity index (χ3n) is 2.34. The first kappa shape index (κ1) is 13.2. The first-order valence-corrected chi connectivity index (χ1v) is 5.26. The van der Waals surface area contributed by atoms with Gasteiger partial charge in [0, 0.05) is 25.3 Å². The van der Waals surface area contributed by atoms with Crippen LogP contribution >= 0.6 is 0 Å². The predicted octanol–water partition coefficient (Wildman–Crippen LogP) is 2.40. The molecule has 8 heteroatoms. The summed E-state index contributed by atoms with van der Waals surface area (Å²) >= 11 is 0. The predicted molar refractivity (Wildman–Crippen MR) is 63.5 cm³/mol. The quantitative estimate of drug-likeness (QED) is 0.850. The van der Waals surface area contributed by atoms with E-state index in [1.807, 2.05) is 0 Å². The molecular weight excluding hydrogens is 261 g/mol. The van der Waals surface area contributed by atoms with Gasteiger partial charge in [0.05, 0.1) is 5.56 Å². The monoisotopic (exact) mass is 272 g/mol. The van der Waals surface area contributed by atoms with E-state index in [4.69, 9.17) is 10.3 Å². The van der Waals surface area contributed by atoms with E-state index >= 15 is 0 Å². The second-order valence-corrected chi connectivity index (χ2v) is 4.14. The van der Waals surface area contributed by atoms with Gasteiger partial charge in [-0.15, -0.1) is 0 Å². The van der Waals surface area contributed by atoms with Crippen LogP contribution in [-0.4, -0.2) is 24.2 Å². The van der Waals surface area contributed by atoms with Gasteiger partial charge in [-0.3, -0.25) is 0 Å². The minimum absolute atomic E-state index is 0.0125. The van der Waals surface area contributed by atoms with E-state index < -0.39 is 11.7 Å². The molecule has 19 heavy (non-hydrogen) atoms. The Morgan fingerprint density at radius 2 is 1.89 bits per heavy atom. The number of hydrogen-bond donors (Lipinski definition) is 1. The summed E-state index contributed by atoms with van der Waals surface area (Å²) < 4.78 is 42.9. The van der Waals surface area contributed by atoms with Crippen LogP contribution in [0.1, 0.15) is 5.56 Å². The van der Waals surface area contributed by atoms with Crippen molar-refractivity contribution in [3.63, 3.8) is 0 Å². The van der Waals surface area contributed by atoms with Gasteiger partial charge in [-0.25, -0.2) is 0 Å². The Morgan fingerprint density at radius 1 is 1.21 bits per heavy atom. The number of hydrogen-bond acceptors (Lipinski definition) is 5. The van der Waals surface area contributed by atoms with Crippen molar-refractivity contribution in [2.45, 2.75) is 6.18 Å². The summed E-state index contributed by atoms with van der Waals surface area (Å²) in [5.41, 5.74) is 4.72. The molecule has 0 bridgehead atoms. The zero-order chi connectivity index (χ0) is 14.2. The smallest absolute Gasteiger partial charge is 0.399 e.